The zero-order valence-electron chi connectivity index (χ0n) is 12.1. The molecule has 114 valence electrons. The molecule has 0 atom stereocenters. The number of piperidine rings is 1. The van der Waals surface area contributed by atoms with Crippen LogP contribution in [0.25, 0.3) is 0 Å². The average Bonchev–Trinajstić information content (AvgIpc) is 2.57. The van der Waals surface area contributed by atoms with Crippen LogP contribution in [0.4, 0.5) is 5.82 Å². The normalized spacial score (nSPS) is 15.6. The number of carbonyl (C=O) groups excluding carboxylic acids is 1. The minimum Gasteiger partial charge on any atom is -0.436 e. The Balaban J connectivity index is 1.79. The number of rotatable bonds is 4. The third-order valence-corrected chi connectivity index (χ3v) is 3.64. The Morgan fingerprint density at radius 2 is 1.82 bits per heavy atom. The van der Waals surface area contributed by atoms with E-state index in [0.29, 0.717) is 35.9 Å². The Hall–Kier alpha value is -2.47. The lowest BCUT2D eigenvalue weighted by Crippen LogP contribution is -2.36. The summed E-state index contributed by atoms with van der Waals surface area (Å²) in [5, 5.41) is 9.61. The zero-order valence-corrected chi connectivity index (χ0v) is 12.1. The number of ether oxygens (including phenoxy) is 1. The van der Waals surface area contributed by atoms with E-state index < -0.39 is 0 Å². The van der Waals surface area contributed by atoms with Crippen LogP contribution in [0.2, 0.25) is 0 Å². The van der Waals surface area contributed by atoms with Crippen LogP contribution in [0.5, 0.6) is 11.6 Å². The molecule has 3 rings (SSSR count). The number of aromatic nitrogens is 2. The number of aliphatic hydroxyl groups excluding tert-OH is 1. The molecule has 6 heteroatoms. The fourth-order valence-corrected chi connectivity index (χ4v) is 2.41. The predicted molar refractivity (Wildman–Crippen MR) is 81.4 cm³/mol. The van der Waals surface area contributed by atoms with Gasteiger partial charge in [0.1, 0.15) is 12.0 Å². The molecule has 1 aliphatic rings. The van der Waals surface area contributed by atoms with E-state index in [0.717, 1.165) is 19.4 Å². The fourth-order valence-electron chi connectivity index (χ4n) is 2.41. The summed E-state index contributed by atoms with van der Waals surface area (Å²) in [4.78, 5) is 21.3. The van der Waals surface area contributed by atoms with E-state index in [9.17, 15) is 9.90 Å². The van der Waals surface area contributed by atoms with E-state index in [1.54, 1.807) is 36.7 Å². The number of anilines is 1. The highest BCUT2D eigenvalue weighted by atomic mass is 16.5. The molecule has 0 amide bonds. The van der Waals surface area contributed by atoms with Gasteiger partial charge in [0.25, 0.3) is 5.88 Å². The summed E-state index contributed by atoms with van der Waals surface area (Å²) in [7, 11) is 0. The zero-order chi connectivity index (χ0) is 15.4. The highest BCUT2D eigenvalue weighted by molar-refractivity contribution is 5.74. The molecule has 6 nitrogen and oxygen atoms in total. The molecule has 1 N–H and O–H groups in total. The lowest BCUT2D eigenvalue weighted by molar-refractivity contribution is 0.112. The van der Waals surface area contributed by atoms with Crippen LogP contribution in [-0.4, -0.2) is 40.6 Å². The van der Waals surface area contributed by atoms with Crippen molar-refractivity contribution in [2.45, 2.75) is 18.9 Å². The van der Waals surface area contributed by atoms with Gasteiger partial charge >= 0.3 is 0 Å². The molecule has 1 aromatic carbocycles. The number of aldehydes is 1. The molecule has 0 unspecified atom stereocenters. The van der Waals surface area contributed by atoms with Crippen LogP contribution in [0.1, 0.15) is 23.2 Å². The first-order chi connectivity index (χ1) is 10.8. The van der Waals surface area contributed by atoms with Crippen molar-refractivity contribution < 1.29 is 14.6 Å². The van der Waals surface area contributed by atoms with E-state index >= 15 is 0 Å². The molecule has 1 aromatic heterocycles. The molecule has 2 heterocycles. The van der Waals surface area contributed by atoms with Crippen molar-refractivity contribution in [3.63, 3.8) is 0 Å². The standard InChI is InChI=1S/C16H17N3O3/c20-11-12-1-3-14(4-2-12)22-16-15(17-7-8-18-16)19-9-5-13(21)6-10-19/h1-4,7-8,11,13,21H,5-6,9-10H2. The lowest BCUT2D eigenvalue weighted by atomic mass is 10.1. The quantitative estimate of drug-likeness (QED) is 0.871. The molecular formula is C16H17N3O3. The van der Waals surface area contributed by atoms with Gasteiger partial charge in [-0.2, -0.15) is 0 Å². The first-order valence-electron chi connectivity index (χ1n) is 7.23. The van der Waals surface area contributed by atoms with Gasteiger partial charge in [-0.05, 0) is 37.1 Å². The first kappa shape index (κ1) is 14.5. The summed E-state index contributed by atoms with van der Waals surface area (Å²) in [5.41, 5.74) is 0.594. The highest BCUT2D eigenvalue weighted by Crippen LogP contribution is 2.29. The van der Waals surface area contributed by atoms with Crippen LogP contribution in [-0.2, 0) is 0 Å². The van der Waals surface area contributed by atoms with Crippen molar-refractivity contribution in [2.75, 3.05) is 18.0 Å². The maximum atomic E-state index is 10.7. The van der Waals surface area contributed by atoms with Crippen LogP contribution < -0.4 is 9.64 Å². The monoisotopic (exact) mass is 299 g/mol. The van der Waals surface area contributed by atoms with Gasteiger partial charge in [0.15, 0.2) is 5.82 Å². The Kier molecular flexibility index (Phi) is 4.29. The number of aliphatic hydroxyl groups is 1. The summed E-state index contributed by atoms with van der Waals surface area (Å²) >= 11 is 0. The van der Waals surface area contributed by atoms with Crippen molar-refractivity contribution in [1.29, 1.82) is 0 Å². The molecule has 0 spiro atoms. The summed E-state index contributed by atoms with van der Waals surface area (Å²) in [6.45, 7) is 1.45. The highest BCUT2D eigenvalue weighted by Gasteiger charge is 2.21. The molecule has 0 aliphatic carbocycles. The van der Waals surface area contributed by atoms with Crippen molar-refractivity contribution in [1.82, 2.24) is 9.97 Å². The SMILES string of the molecule is O=Cc1ccc(Oc2nccnc2N2CCC(O)CC2)cc1. The van der Waals surface area contributed by atoms with Crippen LogP contribution in [0.3, 0.4) is 0 Å². The summed E-state index contributed by atoms with van der Waals surface area (Å²) in [5.74, 6) is 1.70. The van der Waals surface area contributed by atoms with Crippen molar-refractivity contribution >= 4 is 12.1 Å². The second-order valence-electron chi connectivity index (χ2n) is 5.19. The predicted octanol–water partition coefficient (Wildman–Crippen LogP) is 2.04. The van der Waals surface area contributed by atoms with Gasteiger partial charge in [-0.15, -0.1) is 0 Å². The summed E-state index contributed by atoms with van der Waals surface area (Å²) in [6, 6.07) is 6.83. The van der Waals surface area contributed by atoms with E-state index in [-0.39, 0.29) is 6.10 Å². The number of hydrogen-bond donors (Lipinski definition) is 1. The van der Waals surface area contributed by atoms with E-state index in [1.807, 2.05) is 0 Å². The van der Waals surface area contributed by atoms with Gasteiger partial charge in [0.05, 0.1) is 6.10 Å². The molecular weight excluding hydrogens is 282 g/mol. The van der Waals surface area contributed by atoms with Crippen molar-refractivity contribution in [3.8, 4) is 11.6 Å². The molecule has 1 aliphatic heterocycles. The third-order valence-electron chi connectivity index (χ3n) is 3.64. The maximum Gasteiger partial charge on any atom is 0.263 e. The number of benzene rings is 1. The van der Waals surface area contributed by atoms with Gasteiger partial charge in [-0.25, -0.2) is 9.97 Å². The van der Waals surface area contributed by atoms with Crippen LogP contribution in [0, 0.1) is 0 Å². The minimum absolute atomic E-state index is 0.242. The molecule has 0 radical (unpaired) electrons. The molecule has 0 bridgehead atoms. The molecule has 1 saturated heterocycles. The van der Waals surface area contributed by atoms with Gasteiger partial charge in [0, 0.05) is 31.0 Å². The molecule has 1 fully saturated rings. The van der Waals surface area contributed by atoms with E-state index in [1.165, 1.54) is 0 Å². The largest absolute Gasteiger partial charge is 0.436 e. The maximum absolute atomic E-state index is 10.7. The molecule has 2 aromatic rings. The van der Waals surface area contributed by atoms with Crippen LogP contribution >= 0.6 is 0 Å². The fraction of sp³-hybridized carbons (Fsp3) is 0.312. The van der Waals surface area contributed by atoms with E-state index in [4.69, 9.17) is 4.74 Å². The Bertz CT molecular complexity index is 637. The third kappa shape index (κ3) is 3.23. The number of carbonyl (C=O) groups is 1. The lowest BCUT2D eigenvalue weighted by Gasteiger charge is -2.30. The second kappa shape index (κ2) is 6.53. The Labute approximate surface area is 128 Å². The van der Waals surface area contributed by atoms with Gasteiger partial charge in [0.2, 0.25) is 0 Å². The van der Waals surface area contributed by atoms with Gasteiger partial charge in [-0.3, -0.25) is 4.79 Å². The molecule has 0 saturated carbocycles. The van der Waals surface area contributed by atoms with Gasteiger partial charge < -0.3 is 14.7 Å². The summed E-state index contributed by atoms with van der Waals surface area (Å²) < 4.78 is 5.80. The van der Waals surface area contributed by atoms with E-state index in [2.05, 4.69) is 14.9 Å². The summed E-state index contributed by atoms with van der Waals surface area (Å²) in [6.07, 6.45) is 5.18. The topological polar surface area (TPSA) is 75.5 Å². The minimum atomic E-state index is -0.242. The Morgan fingerprint density at radius 3 is 2.50 bits per heavy atom. The average molecular weight is 299 g/mol. The van der Waals surface area contributed by atoms with Gasteiger partial charge in [-0.1, -0.05) is 0 Å². The van der Waals surface area contributed by atoms with Crippen molar-refractivity contribution in [2.24, 2.45) is 0 Å². The second-order valence-corrected chi connectivity index (χ2v) is 5.19. The van der Waals surface area contributed by atoms with Crippen molar-refractivity contribution in [3.05, 3.63) is 42.2 Å². The smallest absolute Gasteiger partial charge is 0.263 e. The number of hydrogen-bond acceptors (Lipinski definition) is 6. The molecule has 22 heavy (non-hydrogen) atoms. The Morgan fingerprint density at radius 1 is 1.14 bits per heavy atom. The van der Waals surface area contributed by atoms with Crippen LogP contribution in [0.15, 0.2) is 36.7 Å². The first-order valence-corrected chi connectivity index (χ1v) is 7.23. The number of nitrogens with zero attached hydrogens (tertiary/aromatic N) is 3.